The predicted octanol–water partition coefficient (Wildman–Crippen LogP) is 2.14. The summed E-state index contributed by atoms with van der Waals surface area (Å²) in [5.41, 5.74) is 0.412. The molecule has 0 aliphatic heterocycles. The number of benzene rings is 1. The van der Waals surface area contributed by atoms with Crippen molar-refractivity contribution in [1.82, 2.24) is 9.78 Å². The SMILES string of the molecule is O=c1cc(NC2CC2)cnn1Cc1cccc(F)c1F. The molecule has 1 N–H and O–H groups in total. The van der Waals surface area contributed by atoms with Gasteiger partial charge in [0.2, 0.25) is 0 Å². The Bertz CT molecular complexity index is 695. The van der Waals surface area contributed by atoms with Gasteiger partial charge in [0.05, 0.1) is 18.4 Å². The number of nitrogens with one attached hydrogen (secondary N) is 1. The fourth-order valence-electron chi connectivity index (χ4n) is 1.93. The Morgan fingerprint density at radius 1 is 1.35 bits per heavy atom. The molecule has 0 saturated heterocycles. The summed E-state index contributed by atoms with van der Waals surface area (Å²) in [6.45, 7) is -0.0911. The normalized spacial score (nSPS) is 14.3. The van der Waals surface area contributed by atoms with Crippen molar-refractivity contribution in [3.8, 4) is 0 Å². The molecule has 1 aromatic carbocycles. The largest absolute Gasteiger partial charge is 0.381 e. The highest BCUT2D eigenvalue weighted by molar-refractivity contribution is 5.41. The molecule has 2 aromatic rings. The van der Waals surface area contributed by atoms with Crippen molar-refractivity contribution in [3.05, 3.63) is 58.0 Å². The van der Waals surface area contributed by atoms with Gasteiger partial charge in [0.1, 0.15) is 0 Å². The van der Waals surface area contributed by atoms with Crippen LogP contribution in [0.25, 0.3) is 0 Å². The Morgan fingerprint density at radius 2 is 2.15 bits per heavy atom. The van der Waals surface area contributed by atoms with E-state index in [1.807, 2.05) is 0 Å². The quantitative estimate of drug-likeness (QED) is 0.931. The zero-order valence-electron chi connectivity index (χ0n) is 10.6. The monoisotopic (exact) mass is 277 g/mol. The minimum absolute atomic E-state index is 0.0911. The van der Waals surface area contributed by atoms with Crippen LogP contribution in [0.3, 0.4) is 0 Å². The highest BCUT2D eigenvalue weighted by Crippen LogP contribution is 2.23. The molecule has 20 heavy (non-hydrogen) atoms. The van der Waals surface area contributed by atoms with Crippen molar-refractivity contribution in [1.29, 1.82) is 0 Å². The van der Waals surface area contributed by atoms with E-state index < -0.39 is 11.6 Å². The molecular weight excluding hydrogens is 264 g/mol. The van der Waals surface area contributed by atoms with Crippen LogP contribution < -0.4 is 10.9 Å². The first-order chi connectivity index (χ1) is 9.63. The first-order valence-electron chi connectivity index (χ1n) is 6.40. The number of rotatable bonds is 4. The second kappa shape index (κ2) is 5.03. The van der Waals surface area contributed by atoms with Gasteiger partial charge in [-0.15, -0.1) is 0 Å². The molecule has 0 bridgehead atoms. The zero-order chi connectivity index (χ0) is 14.1. The van der Waals surface area contributed by atoms with Crippen LogP contribution in [0, 0.1) is 11.6 Å². The van der Waals surface area contributed by atoms with Gasteiger partial charge in [-0.25, -0.2) is 13.5 Å². The molecule has 1 aromatic heterocycles. The summed E-state index contributed by atoms with van der Waals surface area (Å²) in [5.74, 6) is -1.87. The highest BCUT2D eigenvalue weighted by Gasteiger charge is 2.21. The molecule has 1 aliphatic rings. The molecule has 0 atom stereocenters. The Balaban J connectivity index is 1.83. The topological polar surface area (TPSA) is 46.9 Å². The van der Waals surface area contributed by atoms with Gasteiger partial charge in [0.25, 0.3) is 5.56 Å². The number of anilines is 1. The summed E-state index contributed by atoms with van der Waals surface area (Å²) < 4.78 is 27.8. The molecule has 1 saturated carbocycles. The maximum Gasteiger partial charge on any atom is 0.269 e. The molecule has 104 valence electrons. The number of hydrogen-bond donors (Lipinski definition) is 1. The van der Waals surface area contributed by atoms with E-state index in [0.717, 1.165) is 23.6 Å². The van der Waals surface area contributed by atoms with Crippen LogP contribution in [0.15, 0.2) is 35.3 Å². The summed E-state index contributed by atoms with van der Waals surface area (Å²) >= 11 is 0. The van der Waals surface area contributed by atoms with Crippen molar-refractivity contribution >= 4 is 5.69 Å². The van der Waals surface area contributed by atoms with Crippen LogP contribution in [0.1, 0.15) is 18.4 Å². The van der Waals surface area contributed by atoms with Crippen LogP contribution in [-0.4, -0.2) is 15.8 Å². The summed E-state index contributed by atoms with van der Waals surface area (Å²) in [5, 5.41) is 7.14. The molecule has 0 unspecified atom stereocenters. The highest BCUT2D eigenvalue weighted by atomic mass is 19.2. The summed E-state index contributed by atoms with van der Waals surface area (Å²) in [6.07, 6.45) is 3.71. The van der Waals surface area contributed by atoms with Crippen LogP contribution in [0.2, 0.25) is 0 Å². The van der Waals surface area contributed by atoms with E-state index in [4.69, 9.17) is 0 Å². The first kappa shape index (κ1) is 12.8. The standard InChI is InChI=1S/C14H13F2N3O/c15-12-3-1-2-9(14(12)16)8-19-13(20)6-11(7-17-19)18-10-4-5-10/h1-3,6-7,10,18H,4-5,8H2. The van der Waals surface area contributed by atoms with E-state index in [-0.39, 0.29) is 17.7 Å². The van der Waals surface area contributed by atoms with Crippen molar-refractivity contribution in [2.45, 2.75) is 25.4 Å². The average Bonchev–Trinajstić information content (AvgIpc) is 3.22. The lowest BCUT2D eigenvalue weighted by atomic mass is 10.2. The van der Waals surface area contributed by atoms with Crippen molar-refractivity contribution in [2.24, 2.45) is 0 Å². The van der Waals surface area contributed by atoms with Crippen molar-refractivity contribution < 1.29 is 8.78 Å². The predicted molar refractivity (Wildman–Crippen MR) is 70.6 cm³/mol. The number of nitrogens with zero attached hydrogens (tertiary/aromatic N) is 2. The van der Waals surface area contributed by atoms with E-state index in [2.05, 4.69) is 10.4 Å². The molecule has 1 fully saturated rings. The molecule has 3 rings (SSSR count). The third kappa shape index (κ3) is 2.68. The summed E-state index contributed by atoms with van der Waals surface area (Å²) in [4.78, 5) is 11.9. The van der Waals surface area contributed by atoms with E-state index in [1.165, 1.54) is 24.4 Å². The molecule has 6 heteroatoms. The van der Waals surface area contributed by atoms with Crippen LogP contribution >= 0.6 is 0 Å². The van der Waals surface area contributed by atoms with Gasteiger partial charge in [-0.3, -0.25) is 4.79 Å². The molecule has 1 heterocycles. The number of aromatic nitrogens is 2. The molecule has 0 amide bonds. The Labute approximate surface area is 114 Å². The zero-order valence-corrected chi connectivity index (χ0v) is 10.6. The minimum atomic E-state index is -0.943. The van der Waals surface area contributed by atoms with Gasteiger partial charge in [-0.1, -0.05) is 12.1 Å². The van der Waals surface area contributed by atoms with Crippen LogP contribution in [0.5, 0.6) is 0 Å². The third-order valence-corrected chi connectivity index (χ3v) is 3.17. The first-order valence-corrected chi connectivity index (χ1v) is 6.40. The van der Waals surface area contributed by atoms with Gasteiger partial charge < -0.3 is 5.32 Å². The smallest absolute Gasteiger partial charge is 0.269 e. The second-order valence-corrected chi connectivity index (χ2v) is 4.87. The molecule has 0 spiro atoms. The lowest BCUT2D eigenvalue weighted by Gasteiger charge is -2.08. The molecule has 4 nitrogen and oxygen atoms in total. The maximum absolute atomic E-state index is 13.5. The third-order valence-electron chi connectivity index (χ3n) is 3.17. The fourth-order valence-corrected chi connectivity index (χ4v) is 1.93. The maximum atomic E-state index is 13.5. The van der Waals surface area contributed by atoms with Gasteiger partial charge in [0, 0.05) is 17.7 Å². The van der Waals surface area contributed by atoms with Gasteiger partial charge in [-0.2, -0.15) is 5.10 Å². The fraction of sp³-hybridized carbons (Fsp3) is 0.286. The van der Waals surface area contributed by atoms with Crippen molar-refractivity contribution in [3.63, 3.8) is 0 Å². The van der Waals surface area contributed by atoms with E-state index in [9.17, 15) is 13.6 Å². The molecule has 0 radical (unpaired) electrons. The van der Waals surface area contributed by atoms with E-state index in [1.54, 1.807) is 0 Å². The Morgan fingerprint density at radius 3 is 2.85 bits per heavy atom. The van der Waals surface area contributed by atoms with Crippen molar-refractivity contribution in [2.75, 3.05) is 5.32 Å². The van der Waals surface area contributed by atoms with Crippen LogP contribution in [-0.2, 0) is 6.54 Å². The van der Waals surface area contributed by atoms with Gasteiger partial charge in [0.15, 0.2) is 11.6 Å². The van der Waals surface area contributed by atoms with Crippen LogP contribution in [0.4, 0.5) is 14.5 Å². The molecular formula is C14H13F2N3O. The van der Waals surface area contributed by atoms with Gasteiger partial charge in [-0.05, 0) is 18.9 Å². The Kier molecular flexibility index (Phi) is 3.22. The number of hydrogen-bond acceptors (Lipinski definition) is 3. The minimum Gasteiger partial charge on any atom is -0.381 e. The lowest BCUT2D eigenvalue weighted by Crippen LogP contribution is -2.24. The summed E-state index contributed by atoms with van der Waals surface area (Å²) in [6, 6.07) is 5.72. The Hall–Kier alpha value is -2.24. The lowest BCUT2D eigenvalue weighted by molar-refractivity contribution is 0.489. The van der Waals surface area contributed by atoms with E-state index >= 15 is 0 Å². The van der Waals surface area contributed by atoms with E-state index in [0.29, 0.717) is 11.7 Å². The average molecular weight is 277 g/mol. The number of halogens is 2. The second-order valence-electron chi connectivity index (χ2n) is 4.87. The van der Waals surface area contributed by atoms with Gasteiger partial charge >= 0.3 is 0 Å². The summed E-state index contributed by atoms with van der Waals surface area (Å²) in [7, 11) is 0. The molecule has 1 aliphatic carbocycles.